The Kier molecular flexibility index (Phi) is 5.68. The number of carbonyl (C=O) groups excluding carboxylic acids is 1. The van der Waals surface area contributed by atoms with Crippen LogP contribution in [0.5, 0.6) is 0 Å². The maximum atomic E-state index is 10.5. The zero-order chi connectivity index (χ0) is 12.7. The molecule has 92 valence electrons. The molecule has 1 aromatic carbocycles. The topological polar surface area (TPSA) is 17.1 Å². The number of aldehydes is 1. The Bertz CT molecular complexity index is 360. The number of allylic oxidation sites excluding steroid dienone is 1. The average molecular weight is 230 g/mol. The number of benzene rings is 1. The van der Waals surface area contributed by atoms with Crippen molar-refractivity contribution in [2.45, 2.75) is 39.5 Å². The van der Waals surface area contributed by atoms with E-state index in [-0.39, 0.29) is 0 Å². The summed E-state index contributed by atoms with van der Waals surface area (Å²) in [6.07, 6.45) is 5.68. The first-order chi connectivity index (χ1) is 8.13. The molecule has 0 amide bonds. The number of hydrogen-bond acceptors (Lipinski definition) is 1. The van der Waals surface area contributed by atoms with E-state index in [1.165, 1.54) is 24.8 Å². The normalized spacial score (nSPS) is 10.5. The molecule has 0 spiro atoms. The lowest BCUT2D eigenvalue weighted by Gasteiger charge is -2.07. The van der Waals surface area contributed by atoms with Gasteiger partial charge >= 0.3 is 0 Å². The van der Waals surface area contributed by atoms with Gasteiger partial charge in [0.1, 0.15) is 6.29 Å². The van der Waals surface area contributed by atoms with Gasteiger partial charge in [0.05, 0.1) is 0 Å². The van der Waals surface area contributed by atoms with Gasteiger partial charge in [-0.1, -0.05) is 57.5 Å². The third kappa shape index (κ3) is 4.99. The van der Waals surface area contributed by atoms with Gasteiger partial charge in [-0.15, -0.1) is 0 Å². The Balaban J connectivity index is 2.38. The molecule has 0 aromatic heterocycles. The van der Waals surface area contributed by atoms with Crippen LogP contribution >= 0.6 is 0 Å². The third-order valence-corrected chi connectivity index (χ3v) is 2.97. The second kappa shape index (κ2) is 7.05. The van der Waals surface area contributed by atoms with E-state index in [4.69, 9.17) is 0 Å². The second-order valence-electron chi connectivity index (χ2n) is 4.98. The van der Waals surface area contributed by atoms with Crippen LogP contribution in [0.15, 0.2) is 30.8 Å². The zero-order valence-corrected chi connectivity index (χ0v) is 10.9. The highest BCUT2D eigenvalue weighted by Crippen LogP contribution is 2.20. The fraction of sp³-hybridized carbons (Fsp3) is 0.438. The largest absolute Gasteiger partial charge is 0.298 e. The molecule has 1 rings (SSSR count). The van der Waals surface area contributed by atoms with Gasteiger partial charge in [0, 0.05) is 5.56 Å². The number of unbranched alkanes of at least 4 members (excludes halogenated alkanes) is 1. The minimum absolute atomic E-state index is 0.723. The maximum absolute atomic E-state index is 10.5. The van der Waals surface area contributed by atoms with Gasteiger partial charge in [0.25, 0.3) is 0 Å². The smallest absolute Gasteiger partial charge is 0.150 e. The molecule has 0 N–H and O–H groups in total. The summed E-state index contributed by atoms with van der Waals surface area (Å²) < 4.78 is 0. The van der Waals surface area contributed by atoms with Crippen LogP contribution in [0.25, 0.3) is 5.57 Å². The molecule has 1 heteroatoms. The minimum Gasteiger partial charge on any atom is -0.298 e. The lowest BCUT2D eigenvalue weighted by atomic mass is 9.98. The third-order valence-electron chi connectivity index (χ3n) is 2.97. The Morgan fingerprint density at radius 3 is 2.41 bits per heavy atom. The molecule has 0 saturated heterocycles. The Morgan fingerprint density at radius 2 is 1.88 bits per heavy atom. The lowest BCUT2D eigenvalue weighted by molar-refractivity contribution is 0.112. The molecule has 0 atom stereocenters. The van der Waals surface area contributed by atoms with Gasteiger partial charge in [0.15, 0.2) is 0 Å². The molecule has 0 fully saturated rings. The SMILES string of the molecule is C=C(CCCCC(C)C)c1ccc(C=O)cc1. The highest BCUT2D eigenvalue weighted by Gasteiger charge is 2.00. The summed E-state index contributed by atoms with van der Waals surface area (Å²) in [7, 11) is 0. The van der Waals surface area contributed by atoms with E-state index < -0.39 is 0 Å². The second-order valence-corrected chi connectivity index (χ2v) is 4.98. The van der Waals surface area contributed by atoms with Gasteiger partial charge in [-0.2, -0.15) is 0 Å². The molecular formula is C16H22O. The molecule has 0 aliphatic rings. The molecule has 0 aliphatic carbocycles. The summed E-state index contributed by atoms with van der Waals surface area (Å²) in [5.74, 6) is 0.787. The predicted molar refractivity (Wildman–Crippen MR) is 74.2 cm³/mol. The first kappa shape index (κ1) is 13.7. The molecule has 0 aliphatic heterocycles. The Morgan fingerprint density at radius 1 is 1.24 bits per heavy atom. The van der Waals surface area contributed by atoms with Gasteiger partial charge in [-0.25, -0.2) is 0 Å². The molecule has 0 unspecified atom stereocenters. The fourth-order valence-corrected chi connectivity index (χ4v) is 1.83. The molecule has 0 saturated carbocycles. The van der Waals surface area contributed by atoms with Crippen molar-refractivity contribution in [2.24, 2.45) is 5.92 Å². The van der Waals surface area contributed by atoms with Crippen LogP contribution in [0.1, 0.15) is 55.5 Å². The van der Waals surface area contributed by atoms with Crippen molar-refractivity contribution in [3.8, 4) is 0 Å². The molecule has 1 nitrogen and oxygen atoms in total. The van der Waals surface area contributed by atoms with Crippen molar-refractivity contribution >= 4 is 11.9 Å². The van der Waals surface area contributed by atoms with Crippen molar-refractivity contribution in [3.05, 3.63) is 42.0 Å². The van der Waals surface area contributed by atoms with Gasteiger partial charge in [0.2, 0.25) is 0 Å². The van der Waals surface area contributed by atoms with Gasteiger partial charge in [-0.05, 0) is 29.9 Å². The van der Waals surface area contributed by atoms with Crippen LogP contribution in [0.4, 0.5) is 0 Å². The summed E-state index contributed by atoms with van der Waals surface area (Å²) >= 11 is 0. The molecule has 1 aromatic rings. The van der Waals surface area contributed by atoms with Crippen LogP contribution < -0.4 is 0 Å². The quantitative estimate of drug-likeness (QED) is 0.489. The van der Waals surface area contributed by atoms with Gasteiger partial charge in [-0.3, -0.25) is 4.79 Å². The maximum Gasteiger partial charge on any atom is 0.150 e. The van der Waals surface area contributed by atoms with Crippen LogP contribution in [-0.2, 0) is 0 Å². The monoisotopic (exact) mass is 230 g/mol. The first-order valence-electron chi connectivity index (χ1n) is 6.37. The van der Waals surface area contributed by atoms with Crippen molar-refractivity contribution in [1.82, 2.24) is 0 Å². The van der Waals surface area contributed by atoms with Crippen molar-refractivity contribution < 1.29 is 4.79 Å². The van der Waals surface area contributed by atoms with Crippen LogP contribution in [0, 0.1) is 5.92 Å². The standard InChI is InChI=1S/C16H22O/c1-13(2)6-4-5-7-14(3)16-10-8-15(12-17)9-11-16/h8-13H,3-7H2,1-2H3. The van der Waals surface area contributed by atoms with E-state index in [1.54, 1.807) is 0 Å². The summed E-state index contributed by atoms with van der Waals surface area (Å²) in [5, 5.41) is 0. The Labute approximate surface area is 105 Å². The lowest BCUT2D eigenvalue weighted by Crippen LogP contribution is -1.89. The molecule has 0 heterocycles. The van der Waals surface area contributed by atoms with Crippen molar-refractivity contribution in [1.29, 1.82) is 0 Å². The van der Waals surface area contributed by atoms with E-state index in [2.05, 4.69) is 20.4 Å². The summed E-state index contributed by atoms with van der Waals surface area (Å²) in [6.45, 7) is 8.62. The van der Waals surface area contributed by atoms with E-state index in [9.17, 15) is 4.79 Å². The highest BCUT2D eigenvalue weighted by atomic mass is 16.1. The van der Waals surface area contributed by atoms with Crippen LogP contribution in [0.2, 0.25) is 0 Å². The summed E-state index contributed by atoms with van der Waals surface area (Å²) in [5.41, 5.74) is 3.05. The number of hydrogen-bond donors (Lipinski definition) is 0. The minimum atomic E-state index is 0.723. The van der Waals surface area contributed by atoms with E-state index >= 15 is 0 Å². The summed E-state index contributed by atoms with van der Waals surface area (Å²) in [6, 6.07) is 7.66. The molecular weight excluding hydrogens is 208 g/mol. The summed E-state index contributed by atoms with van der Waals surface area (Å²) in [4.78, 5) is 10.5. The van der Waals surface area contributed by atoms with Crippen molar-refractivity contribution in [3.63, 3.8) is 0 Å². The molecule has 0 bridgehead atoms. The fourth-order valence-electron chi connectivity index (χ4n) is 1.83. The Hall–Kier alpha value is -1.37. The predicted octanol–water partition coefficient (Wildman–Crippen LogP) is 4.73. The van der Waals surface area contributed by atoms with E-state index in [0.29, 0.717) is 0 Å². The van der Waals surface area contributed by atoms with E-state index in [0.717, 1.165) is 29.8 Å². The van der Waals surface area contributed by atoms with Crippen LogP contribution in [-0.4, -0.2) is 6.29 Å². The number of carbonyl (C=O) groups is 1. The van der Waals surface area contributed by atoms with Crippen LogP contribution in [0.3, 0.4) is 0 Å². The molecule has 17 heavy (non-hydrogen) atoms. The average Bonchev–Trinajstić information content (AvgIpc) is 2.34. The molecule has 0 radical (unpaired) electrons. The van der Waals surface area contributed by atoms with E-state index in [1.807, 2.05) is 24.3 Å². The first-order valence-corrected chi connectivity index (χ1v) is 6.37. The number of rotatable bonds is 7. The highest BCUT2D eigenvalue weighted by molar-refractivity contribution is 5.76. The zero-order valence-electron chi connectivity index (χ0n) is 10.9. The van der Waals surface area contributed by atoms with Gasteiger partial charge < -0.3 is 0 Å². The van der Waals surface area contributed by atoms with Crippen molar-refractivity contribution in [2.75, 3.05) is 0 Å².